The van der Waals surface area contributed by atoms with Gasteiger partial charge < -0.3 is 0 Å². The van der Waals surface area contributed by atoms with Gasteiger partial charge in [0.15, 0.2) is 5.03 Å². The number of nitro groups is 1. The van der Waals surface area contributed by atoms with Crippen LogP contribution in [0.2, 0.25) is 0 Å². The number of sulfone groups is 1. The van der Waals surface area contributed by atoms with Gasteiger partial charge in [0.1, 0.15) is 0 Å². The number of nitrogens with zero attached hydrogens (tertiary/aromatic N) is 2. The molecule has 6 nitrogen and oxygen atoms in total. The summed E-state index contributed by atoms with van der Waals surface area (Å²) in [5, 5.41) is 11.8. The Kier molecular flexibility index (Phi) is 2.84. The molecule has 1 aromatic carbocycles. The van der Waals surface area contributed by atoms with Gasteiger partial charge in [-0.15, -0.1) is 0 Å². The molecule has 7 heteroatoms. The predicted octanol–water partition coefficient (Wildman–Crippen LogP) is 2.06. The number of aromatic nitrogens is 1. The van der Waals surface area contributed by atoms with Crippen molar-refractivity contribution >= 4 is 26.4 Å². The summed E-state index contributed by atoms with van der Waals surface area (Å²) in [6.45, 7) is 3.21. The van der Waals surface area contributed by atoms with Gasteiger partial charge in [-0.25, -0.2) is 13.4 Å². The van der Waals surface area contributed by atoms with Crippen LogP contribution in [0.5, 0.6) is 0 Å². The highest BCUT2D eigenvalue weighted by molar-refractivity contribution is 7.94. The number of fused-ring (bicyclic) bond motifs is 1. The zero-order valence-electron chi connectivity index (χ0n) is 9.11. The Labute approximate surface area is 103 Å². The summed E-state index contributed by atoms with van der Waals surface area (Å²) < 4.78 is 23.1. The molecule has 2 aromatic rings. The quantitative estimate of drug-likeness (QED) is 0.625. The van der Waals surface area contributed by atoms with Crippen LogP contribution >= 0.6 is 0 Å². The van der Waals surface area contributed by atoms with E-state index in [1.165, 1.54) is 30.3 Å². The average Bonchev–Trinajstić information content (AvgIpc) is 2.37. The van der Waals surface area contributed by atoms with Crippen molar-refractivity contribution in [2.24, 2.45) is 0 Å². The smallest absolute Gasteiger partial charge is 0.258 e. The van der Waals surface area contributed by atoms with Gasteiger partial charge in [0.2, 0.25) is 9.84 Å². The van der Waals surface area contributed by atoms with Crippen LogP contribution in [-0.2, 0) is 9.84 Å². The van der Waals surface area contributed by atoms with E-state index in [0.717, 1.165) is 5.41 Å². The van der Waals surface area contributed by atoms with Crippen molar-refractivity contribution in [3.8, 4) is 0 Å². The maximum Gasteiger partial charge on any atom is 0.270 e. The number of pyridine rings is 1. The van der Waals surface area contributed by atoms with Crippen LogP contribution in [-0.4, -0.2) is 18.3 Å². The van der Waals surface area contributed by atoms with E-state index in [-0.39, 0.29) is 10.7 Å². The van der Waals surface area contributed by atoms with E-state index in [1.54, 1.807) is 0 Å². The fourth-order valence-electron chi connectivity index (χ4n) is 1.45. The molecule has 0 saturated heterocycles. The summed E-state index contributed by atoms with van der Waals surface area (Å²) in [4.78, 5) is 14.0. The molecule has 92 valence electrons. The second kappa shape index (κ2) is 4.19. The van der Waals surface area contributed by atoms with Crippen molar-refractivity contribution < 1.29 is 13.3 Å². The first-order chi connectivity index (χ1) is 8.44. The van der Waals surface area contributed by atoms with Crippen LogP contribution in [0.3, 0.4) is 0 Å². The lowest BCUT2D eigenvalue weighted by molar-refractivity contribution is -0.384. The normalized spacial score (nSPS) is 11.3. The molecule has 18 heavy (non-hydrogen) atoms. The number of hydrogen-bond acceptors (Lipinski definition) is 5. The first-order valence-electron chi connectivity index (χ1n) is 4.87. The number of nitro benzene ring substituents is 1. The molecule has 0 aliphatic heterocycles. The lowest BCUT2D eigenvalue weighted by Crippen LogP contribution is -1.99. The van der Waals surface area contributed by atoms with E-state index >= 15 is 0 Å². The van der Waals surface area contributed by atoms with Crippen LogP contribution in [0.1, 0.15) is 0 Å². The fraction of sp³-hybridized carbons (Fsp3) is 0. The van der Waals surface area contributed by atoms with Gasteiger partial charge >= 0.3 is 0 Å². The average molecular weight is 264 g/mol. The molecule has 0 unspecified atom stereocenters. The van der Waals surface area contributed by atoms with E-state index in [9.17, 15) is 18.5 Å². The minimum atomic E-state index is -3.60. The Morgan fingerprint density at radius 3 is 2.61 bits per heavy atom. The van der Waals surface area contributed by atoms with E-state index in [0.29, 0.717) is 10.9 Å². The third-order valence-corrected chi connectivity index (χ3v) is 3.62. The summed E-state index contributed by atoms with van der Waals surface area (Å²) >= 11 is 0. The zero-order chi connectivity index (χ0) is 13.3. The maximum atomic E-state index is 11.5. The summed E-state index contributed by atoms with van der Waals surface area (Å²) in [6.07, 6.45) is 0. The van der Waals surface area contributed by atoms with Gasteiger partial charge in [-0.05, 0) is 18.2 Å². The van der Waals surface area contributed by atoms with E-state index in [2.05, 4.69) is 11.6 Å². The Morgan fingerprint density at radius 1 is 1.28 bits per heavy atom. The lowest BCUT2D eigenvalue weighted by atomic mass is 10.2. The van der Waals surface area contributed by atoms with Gasteiger partial charge in [-0.3, -0.25) is 10.1 Å². The highest BCUT2D eigenvalue weighted by Crippen LogP contribution is 2.21. The highest BCUT2D eigenvalue weighted by atomic mass is 32.2. The molecule has 0 amide bonds. The topological polar surface area (TPSA) is 90.2 Å². The molecule has 1 heterocycles. The Balaban J connectivity index is 2.65. The summed E-state index contributed by atoms with van der Waals surface area (Å²) in [5.41, 5.74) is 0.312. The van der Waals surface area contributed by atoms with Crippen molar-refractivity contribution in [3.63, 3.8) is 0 Å². The minimum Gasteiger partial charge on any atom is -0.258 e. The van der Waals surface area contributed by atoms with Crippen LogP contribution in [0.25, 0.3) is 10.9 Å². The van der Waals surface area contributed by atoms with Crippen molar-refractivity contribution in [1.82, 2.24) is 4.98 Å². The molecule has 0 spiro atoms. The summed E-state index contributed by atoms with van der Waals surface area (Å²) in [7, 11) is -3.60. The number of non-ortho nitro benzene ring substituents is 1. The largest absolute Gasteiger partial charge is 0.270 e. The second-order valence-electron chi connectivity index (χ2n) is 3.50. The van der Waals surface area contributed by atoms with Gasteiger partial charge in [-0.2, -0.15) is 0 Å². The van der Waals surface area contributed by atoms with Crippen LogP contribution in [0.15, 0.2) is 47.3 Å². The molecule has 0 aliphatic carbocycles. The lowest BCUT2D eigenvalue weighted by Gasteiger charge is -2.01. The maximum absolute atomic E-state index is 11.5. The highest BCUT2D eigenvalue weighted by Gasteiger charge is 2.13. The van der Waals surface area contributed by atoms with E-state index in [4.69, 9.17) is 0 Å². The van der Waals surface area contributed by atoms with Crippen molar-refractivity contribution in [3.05, 3.63) is 52.4 Å². The predicted molar refractivity (Wildman–Crippen MR) is 65.8 cm³/mol. The molecular weight excluding hydrogens is 256 g/mol. The molecule has 1 aromatic heterocycles. The van der Waals surface area contributed by atoms with Gasteiger partial charge in [-0.1, -0.05) is 6.58 Å². The van der Waals surface area contributed by atoms with Crippen LogP contribution in [0.4, 0.5) is 5.69 Å². The van der Waals surface area contributed by atoms with Crippen LogP contribution in [0, 0.1) is 10.1 Å². The first kappa shape index (κ1) is 12.2. The molecule has 0 atom stereocenters. The number of rotatable bonds is 3. The fourth-order valence-corrected chi connectivity index (χ4v) is 2.11. The molecule has 2 rings (SSSR count). The van der Waals surface area contributed by atoms with Gasteiger partial charge in [0.25, 0.3) is 5.69 Å². The third kappa shape index (κ3) is 2.07. The SMILES string of the molecule is C=CS(=O)(=O)c1ccc2cc([N+](=O)[O-])ccc2n1. The minimum absolute atomic E-state index is 0.0661. The molecule has 0 aliphatic rings. The standard InChI is InChI=1S/C11H8N2O4S/c1-2-18(16,17)11-6-3-8-7-9(13(14)15)4-5-10(8)12-11/h2-7H,1H2. The molecule has 0 bridgehead atoms. The number of benzene rings is 1. The first-order valence-corrected chi connectivity index (χ1v) is 6.41. The van der Waals surface area contributed by atoms with Gasteiger partial charge in [0.05, 0.1) is 10.4 Å². The second-order valence-corrected chi connectivity index (χ2v) is 5.34. The molecule has 0 radical (unpaired) electrons. The Hall–Kier alpha value is -2.28. The van der Waals surface area contributed by atoms with Crippen molar-refractivity contribution in [1.29, 1.82) is 0 Å². The summed E-state index contributed by atoms with van der Waals surface area (Å²) in [6, 6.07) is 6.80. The molecular formula is C11H8N2O4S. The molecule has 0 fully saturated rings. The van der Waals surface area contributed by atoms with Crippen molar-refractivity contribution in [2.75, 3.05) is 0 Å². The van der Waals surface area contributed by atoms with Crippen molar-refractivity contribution in [2.45, 2.75) is 5.03 Å². The van der Waals surface area contributed by atoms with E-state index in [1.807, 2.05) is 0 Å². The van der Waals surface area contributed by atoms with Gasteiger partial charge in [0, 0.05) is 22.9 Å². The zero-order valence-corrected chi connectivity index (χ0v) is 9.92. The van der Waals surface area contributed by atoms with Crippen LogP contribution < -0.4 is 0 Å². The summed E-state index contributed by atoms with van der Waals surface area (Å²) in [5.74, 6) is 0. The molecule has 0 saturated carbocycles. The molecule has 0 N–H and O–H groups in total. The monoisotopic (exact) mass is 264 g/mol. The Morgan fingerprint density at radius 2 is 2.00 bits per heavy atom. The third-order valence-electron chi connectivity index (χ3n) is 2.37. The number of hydrogen-bond donors (Lipinski definition) is 0. The van der Waals surface area contributed by atoms with E-state index < -0.39 is 14.8 Å². The Bertz CT molecular complexity index is 753.